The van der Waals surface area contributed by atoms with Crippen molar-refractivity contribution in [3.8, 4) is 5.75 Å². The quantitative estimate of drug-likeness (QED) is 0.535. The van der Waals surface area contributed by atoms with E-state index in [0.717, 1.165) is 24.3 Å². The second kappa shape index (κ2) is 10.0. The molecule has 2 rings (SSSR count). The monoisotopic (exact) mass is 393 g/mol. The predicted molar refractivity (Wildman–Crippen MR) is 108 cm³/mol. The average molecular weight is 394 g/mol. The first-order valence-corrected chi connectivity index (χ1v) is 9.04. The maximum absolute atomic E-state index is 11.8. The fourth-order valence-corrected chi connectivity index (χ4v) is 2.66. The SMILES string of the molecule is CCN(CC)c1ccc(/C=N\NC(=O)COc2cccc(Cl)c2Cl)cc1. The third-order valence-corrected chi connectivity index (χ3v) is 4.50. The smallest absolute Gasteiger partial charge is 0.277 e. The highest BCUT2D eigenvalue weighted by Gasteiger charge is 2.07. The predicted octanol–water partition coefficient (Wildman–Crippen LogP) is 4.37. The number of carbonyl (C=O) groups is 1. The number of ether oxygens (including phenoxy) is 1. The van der Waals surface area contributed by atoms with Gasteiger partial charge in [0.05, 0.1) is 11.2 Å². The van der Waals surface area contributed by atoms with Crippen molar-refractivity contribution >= 4 is 41.0 Å². The van der Waals surface area contributed by atoms with E-state index in [2.05, 4.69) is 29.3 Å². The molecular formula is C19H21Cl2N3O2. The van der Waals surface area contributed by atoms with E-state index in [-0.39, 0.29) is 11.6 Å². The molecule has 0 heterocycles. The second-order valence-electron chi connectivity index (χ2n) is 5.40. The summed E-state index contributed by atoms with van der Waals surface area (Å²) in [4.78, 5) is 14.0. The van der Waals surface area contributed by atoms with Crippen LogP contribution in [0.1, 0.15) is 19.4 Å². The topological polar surface area (TPSA) is 53.9 Å². The largest absolute Gasteiger partial charge is 0.482 e. The van der Waals surface area contributed by atoms with Crippen molar-refractivity contribution in [1.82, 2.24) is 5.43 Å². The van der Waals surface area contributed by atoms with Gasteiger partial charge in [0.1, 0.15) is 10.8 Å². The third-order valence-electron chi connectivity index (χ3n) is 3.70. The van der Waals surface area contributed by atoms with Crippen LogP contribution in [-0.2, 0) is 4.79 Å². The van der Waals surface area contributed by atoms with Gasteiger partial charge in [-0.2, -0.15) is 5.10 Å². The molecule has 0 saturated heterocycles. The van der Waals surface area contributed by atoms with Crippen molar-refractivity contribution in [3.05, 3.63) is 58.1 Å². The van der Waals surface area contributed by atoms with Gasteiger partial charge in [0.25, 0.3) is 5.91 Å². The van der Waals surface area contributed by atoms with Crippen LogP contribution < -0.4 is 15.1 Å². The van der Waals surface area contributed by atoms with Crippen molar-refractivity contribution in [2.45, 2.75) is 13.8 Å². The Kier molecular flexibility index (Phi) is 7.75. The molecule has 0 unspecified atom stereocenters. The van der Waals surface area contributed by atoms with Crippen molar-refractivity contribution in [1.29, 1.82) is 0 Å². The van der Waals surface area contributed by atoms with Gasteiger partial charge in [-0.15, -0.1) is 0 Å². The lowest BCUT2D eigenvalue weighted by Crippen LogP contribution is -2.24. The molecule has 0 fully saturated rings. The summed E-state index contributed by atoms with van der Waals surface area (Å²) < 4.78 is 5.34. The molecular weight excluding hydrogens is 373 g/mol. The Morgan fingerprint density at radius 3 is 2.50 bits per heavy atom. The van der Waals surface area contributed by atoms with Crippen LogP contribution in [0.5, 0.6) is 5.75 Å². The summed E-state index contributed by atoms with van der Waals surface area (Å²) in [6.45, 7) is 5.94. The fourth-order valence-electron chi connectivity index (χ4n) is 2.31. The zero-order valence-corrected chi connectivity index (χ0v) is 16.2. The van der Waals surface area contributed by atoms with Gasteiger partial charge in [0.2, 0.25) is 0 Å². The zero-order chi connectivity index (χ0) is 18.9. The van der Waals surface area contributed by atoms with E-state index in [0.29, 0.717) is 10.8 Å². The lowest BCUT2D eigenvalue weighted by molar-refractivity contribution is -0.123. The summed E-state index contributed by atoms with van der Waals surface area (Å²) in [5, 5.41) is 4.58. The molecule has 5 nitrogen and oxygen atoms in total. The van der Waals surface area contributed by atoms with Crippen LogP contribution in [0.15, 0.2) is 47.6 Å². The number of hydrogen-bond acceptors (Lipinski definition) is 4. The summed E-state index contributed by atoms with van der Waals surface area (Å²) >= 11 is 11.9. The summed E-state index contributed by atoms with van der Waals surface area (Å²) in [7, 11) is 0. The number of hydrazone groups is 1. The molecule has 0 bridgehead atoms. The number of hydrogen-bond donors (Lipinski definition) is 1. The summed E-state index contributed by atoms with van der Waals surface area (Å²) in [5.41, 5.74) is 4.46. The van der Waals surface area contributed by atoms with E-state index in [1.54, 1.807) is 24.4 Å². The molecule has 7 heteroatoms. The molecule has 26 heavy (non-hydrogen) atoms. The Bertz CT molecular complexity index is 760. The minimum Gasteiger partial charge on any atom is -0.482 e. The first-order chi connectivity index (χ1) is 12.5. The molecule has 0 spiro atoms. The highest BCUT2D eigenvalue weighted by Crippen LogP contribution is 2.31. The molecule has 0 radical (unpaired) electrons. The molecule has 1 N–H and O–H groups in total. The van der Waals surface area contributed by atoms with E-state index >= 15 is 0 Å². The van der Waals surface area contributed by atoms with Crippen LogP contribution in [0.4, 0.5) is 5.69 Å². The van der Waals surface area contributed by atoms with E-state index in [1.165, 1.54) is 0 Å². The Morgan fingerprint density at radius 2 is 1.85 bits per heavy atom. The standard InChI is InChI=1S/C19H21Cl2N3O2/c1-3-24(4-2)15-10-8-14(9-11-15)12-22-23-18(25)13-26-17-7-5-6-16(20)19(17)21/h5-12H,3-4,13H2,1-2H3,(H,23,25)/b22-12-. The van der Waals surface area contributed by atoms with Crippen LogP contribution in [0.3, 0.4) is 0 Å². The van der Waals surface area contributed by atoms with Gasteiger partial charge >= 0.3 is 0 Å². The van der Waals surface area contributed by atoms with Crippen LogP contribution in [0, 0.1) is 0 Å². The van der Waals surface area contributed by atoms with Gasteiger partial charge in [-0.05, 0) is 43.7 Å². The Hall–Kier alpha value is -2.24. The average Bonchev–Trinajstić information content (AvgIpc) is 2.65. The highest BCUT2D eigenvalue weighted by molar-refractivity contribution is 6.42. The Morgan fingerprint density at radius 1 is 1.15 bits per heavy atom. The van der Waals surface area contributed by atoms with Crippen LogP contribution in [0.25, 0.3) is 0 Å². The molecule has 2 aromatic rings. The van der Waals surface area contributed by atoms with Crippen molar-refractivity contribution in [3.63, 3.8) is 0 Å². The van der Waals surface area contributed by atoms with Gasteiger partial charge in [0.15, 0.2) is 6.61 Å². The van der Waals surface area contributed by atoms with E-state index in [9.17, 15) is 4.79 Å². The number of halogens is 2. The van der Waals surface area contributed by atoms with Gasteiger partial charge < -0.3 is 9.64 Å². The lowest BCUT2D eigenvalue weighted by atomic mass is 10.2. The number of nitrogens with one attached hydrogen (secondary N) is 1. The maximum atomic E-state index is 11.8. The van der Waals surface area contributed by atoms with Crippen molar-refractivity contribution in [2.24, 2.45) is 5.10 Å². The molecule has 0 aliphatic carbocycles. The summed E-state index contributed by atoms with van der Waals surface area (Å²) in [6, 6.07) is 12.9. The molecule has 1 amide bonds. The third kappa shape index (κ3) is 5.64. The van der Waals surface area contributed by atoms with Gasteiger partial charge in [-0.3, -0.25) is 4.79 Å². The highest BCUT2D eigenvalue weighted by atomic mass is 35.5. The van der Waals surface area contributed by atoms with Crippen LogP contribution in [0.2, 0.25) is 10.0 Å². The molecule has 0 aliphatic heterocycles. The Balaban J connectivity index is 1.84. The normalized spacial score (nSPS) is 10.8. The Labute approximate surface area is 163 Å². The number of amides is 1. The summed E-state index contributed by atoms with van der Waals surface area (Å²) in [6.07, 6.45) is 1.58. The summed E-state index contributed by atoms with van der Waals surface area (Å²) in [5.74, 6) is -0.0395. The second-order valence-corrected chi connectivity index (χ2v) is 6.18. The van der Waals surface area contributed by atoms with Crippen molar-refractivity contribution in [2.75, 3.05) is 24.6 Å². The lowest BCUT2D eigenvalue weighted by Gasteiger charge is -2.20. The first-order valence-electron chi connectivity index (χ1n) is 8.28. The number of benzene rings is 2. The van der Waals surface area contributed by atoms with E-state index < -0.39 is 5.91 Å². The van der Waals surface area contributed by atoms with Gasteiger partial charge in [0, 0.05) is 18.8 Å². The minimum absolute atomic E-state index is 0.210. The zero-order valence-electron chi connectivity index (χ0n) is 14.7. The van der Waals surface area contributed by atoms with E-state index in [4.69, 9.17) is 27.9 Å². The first kappa shape index (κ1) is 20.1. The van der Waals surface area contributed by atoms with Gasteiger partial charge in [-0.1, -0.05) is 41.4 Å². The number of nitrogens with zero attached hydrogens (tertiary/aromatic N) is 2. The number of rotatable bonds is 8. The van der Waals surface area contributed by atoms with Gasteiger partial charge in [-0.25, -0.2) is 5.43 Å². The molecule has 0 aliphatic rings. The molecule has 0 atom stereocenters. The molecule has 138 valence electrons. The van der Waals surface area contributed by atoms with Crippen LogP contribution >= 0.6 is 23.2 Å². The fraction of sp³-hybridized carbons (Fsp3) is 0.263. The van der Waals surface area contributed by atoms with Crippen molar-refractivity contribution < 1.29 is 9.53 Å². The number of carbonyl (C=O) groups excluding carboxylic acids is 1. The van der Waals surface area contributed by atoms with E-state index in [1.807, 2.05) is 24.3 Å². The van der Waals surface area contributed by atoms with Crippen LogP contribution in [-0.4, -0.2) is 31.8 Å². The molecule has 2 aromatic carbocycles. The minimum atomic E-state index is -0.392. The maximum Gasteiger partial charge on any atom is 0.277 e. The molecule has 0 aromatic heterocycles. The number of anilines is 1. The molecule has 0 saturated carbocycles.